The van der Waals surface area contributed by atoms with Gasteiger partial charge in [-0.1, -0.05) is 24.1 Å². The summed E-state index contributed by atoms with van der Waals surface area (Å²) in [6.45, 7) is 1.89. The van der Waals surface area contributed by atoms with Crippen LogP contribution in [0.1, 0.15) is 17.4 Å². The van der Waals surface area contributed by atoms with E-state index in [0.29, 0.717) is 0 Å². The topological polar surface area (TPSA) is 33.1 Å². The van der Waals surface area contributed by atoms with Gasteiger partial charge in [0.15, 0.2) is 0 Å². The van der Waals surface area contributed by atoms with Crippen LogP contribution in [-0.2, 0) is 0 Å². The molecule has 1 N–H and O–H groups in total. The van der Waals surface area contributed by atoms with Crippen molar-refractivity contribution in [3.63, 3.8) is 0 Å². The Kier molecular flexibility index (Phi) is 2.40. The van der Waals surface area contributed by atoms with Crippen LogP contribution in [-0.4, -0.2) is 10.1 Å². The van der Waals surface area contributed by atoms with E-state index in [1.54, 1.807) is 0 Å². The van der Waals surface area contributed by atoms with Crippen molar-refractivity contribution in [2.24, 2.45) is 0 Å². The molecule has 2 heteroatoms. The standard InChI is InChI=1S/C13H11NO/c1-3-13(15)11-8-9(2)14-12-7-5-4-6-10(11)12/h1,4-8,13,15H,2H3. The van der Waals surface area contributed by atoms with Crippen molar-refractivity contribution in [2.75, 3.05) is 0 Å². The summed E-state index contributed by atoms with van der Waals surface area (Å²) in [7, 11) is 0. The first kappa shape index (κ1) is 9.70. The van der Waals surface area contributed by atoms with Gasteiger partial charge in [0, 0.05) is 16.6 Å². The summed E-state index contributed by atoms with van der Waals surface area (Å²) < 4.78 is 0. The fraction of sp³-hybridized carbons (Fsp3) is 0.154. The van der Waals surface area contributed by atoms with Gasteiger partial charge in [-0.15, -0.1) is 6.42 Å². The van der Waals surface area contributed by atoms with Crippen LogP contribution in [0, 0.1) is 19.3 Å². The Balaban J connectivity index is 2.78. The fourth-order valence-corrected chi connectivity index (χ4v) is 1.66. The van der Waals surface area contributed by atoms with Crippen molar-refractivity contribution in [3.8, 4) is 12.3 Å². The third-order valence-corrected chi connectivity index (χ3v) is 2.33. The monoisotopic (exact) mass is 197 g/mol. The number of terminal acetylenes is 1. The van der Waals surface area contributed by atoms with Gasteiger partial charge in [0.05, 0.1) is 5.52 Å². The summed E-state index contributed by atoms with van der Waals surface area (Å²) in [4.78, 5) is 4.37. The van der Waals surface area contributed by atoms with Crippen molar-refractivity contribution < 1.29 is 5.11 Å². The van der Waals surface area contributed by atoms with Gasteiger partial charge in [0.1, 0.15) is 6.10 Å². The highest BCUT2D eigenvalue weighted by Gasteiger charge is 2.09. The predicted octanol–water partition coefficient (Wildman–Crippen LogP) is 2.21. The zero-order valence-electron chi connectivity index (χ0n) is 8.44. The van der Waals surface area contributed by atoms with Gasteiger partial charge < -0.3 is 5.11 Å². The van der Waals surface area contributed by atoms with Crippen molar-refractivity contribution in [1.82, 2.24) is 4.98 Å². The molecule has 74 valence electrons. The summed E-state index contributed by atoms with van der Waals surface area (Å²) in [6.07, 6.45) is 4.36. The maximum atomic E-state index is 9.69. The summed E-state index contributed by atoms with van der Waals surface area (Å²) in [5, 5.41) is 10.6. The van der Waals surface area contributed by atoms with E-state index >= 15 is 0 Å². The van der Waals surface area contributed by atoms with Crippen molar-refractivity contribution in [3.05, 3.63) is 41.6 Å². The lowest BCUT2D eigenvalue weighted by atomic mass is 10.0. The van der Waals surface area contributed by atoms with Crippen molar-refractivity contribution in [2.45, 2.75) is 13.0 Å². The van der Waals surface area contributed by atoms with E-state index < -0.39 is 6.10 Å². The van der Waals surface area contributed by atoms with E-state index in [-0.39, 0.29) is 0 Å². The van der Waals surface area contributed by atoms with Gasteiger partial charge in [-0.05, 0) is 19.1 Å². The molecule has 1 aromatic heterocycles. The minimum absolute atomic E-state index is 0.751. The third kappa shape index (κ3) is 1.70. The largest absolute Gasteiger partial charge is 0.376 e. The van der Waals surface area contributed by atoms with E-state index in [9.17, 15) is 5.11 Å². The molecule has 0 radical (unpaired) electrons. The van der Waals surface area contributed by atoms with Gasteiger partial charge in [-0.2, -0.15) is 0 Å². The smallest absolute Gasteiger partial charge is 0.140 e. The maximum absolute atomic E-state index is 9.69. The second-order valence-corrected chi connectivity index (χ2v) is 3.44. The average molecular weight is 197 g/mol. The molecule has 1 aromatic carbocycles. The van der Waals surface area contributed by atoms with E-state index in [2.05, 4.69) is 10.9 Å². The average Bonchev–Trinajstić information content (AvgIpc) is 2.26. The molecule has 0 amide bonds. The predicted molar refractivity (Wildman–Crippen MR) is 60.3 cm³/mol. The lowest BCUT2D eigenvalue weighted by molar-refractivity contribution is 0.240. The number of aliphatic hydroxyl groups is 1. The molecule has 0 aliphatic heterocycles. The van der Waals surface area contributed by atoms with Gasteiger partial charge in [-0.3, -0.25) is 4.98 Å². The van der Waals surface area contributed by atoms with Crippen LogP contribution < -0.4 is 0 Å². The highest BCUT2D eigenvalue weighted by atomic mass is 16.3. The number of pyridine rings is 1. The molecule has 2 rings (SSSR count). The van der Waals surface area contributed by atoms with Crippen LogP contribution >= 0.6 is 0 Å². The molecule has 0 aliphatic rings. The number of rotatable bonds is 1. The van der Waals surface area contributed by atoms with Crippen molar-refractivity contribution >= 4 is 10.9 Å². The molecule has 0 bridgehead atoms. The Bertz CT molecular complexity index is 540. The van der Waals surface area contributed by atoms with E-state index in [0.717, 1.165) is 22.2 Å². The summed E-state index contributed by atoms with van der Waals surface area (Å²) in [5.41, 5.74) is 2.47. The summed E-state index contributed by atoms with van der Waals surface area (Å²) in [6, 6.07) is 9.48. The van der Waals surface area contributed by atoms with Crippen LogP contribution in [0.4, 0.5) is 0 Å². The summed E-state index contributed by atoms with van der Waals surface area (Å²) >= 11 is 0. The molecule has 1 heterocycles. The van der Waals surface area contributed by atoms with Crippen LogP contribution in [0.2, 0.25) is 0 Å². The minimum atomic E-state index is -0.864. The lowest BCUT2D eigenvalue weighted by Gasteiger charge is -2.09. The first-order chi connectivity index (χ1) is 7.22. The number of hydrogen-bond acceptors (Lipinski definition) is 2. The molecule has 0 saturated heterocycles. The molecule has 2 aromatic rings. The van der Waals surface area contributed by atoms with Gasteiger partial charge in [0.25, 0.3) is 0 Å². The molecular formula is C13H11NO. The van der Waals surface area contributed by atoms with Gasteiger partial charge in [0.2, 0.25) is 0 Å². The molecule has 0 aliphatic carbocycles. The number of aromatic nitrogens is 1. The number of hydrogen-bond donors (Lipinski definition) is 1. The molecular weight excluding hydrogens is 186 g/mol. The number of benzene rings is 1. The second-order valence-electron chi connectivity index (χ2n) is 3.44. The van der Waals surface area contributed by atoms with Crippen LogP contribution in [0.3, 0.4) is 0 Å². The molecule has 1 unspecified atom stereocenters. The van der Waals surface area contributed by atoms with E-state index in [4.69, 9.17) is 6.42 Å². The highest BCUT2D eigenvalue weighted by Crippen LogP contribution is 2.23. The first-order valence-electron chi connectivity index (χ1n) is 4.73. The molecule has 15 heavy (non-hydrogen) atoms. The summed E-state index contributed by atoms with van der Waals surface area (Å²) in [5.74, 6) is 2.33. The second kappa shape index (κ2) is 3.72. The lowest BCUT2D eigenvalue weighted by Crippen LogP contribution is -1.97. The van der Waals surface area contributed by atoms with Crippen LogP contribution in [0.5, 0.6) is 0 Å². The number of aryl methyl sites for hydroxylation is 1. The van der Waals surface area contributed by atoms with E-state index in [1.807, 2.05) is 37.3 Å². The zero-order chi connectivity index (χ0) is 10.8. The van der Waals surface area contributed by atoms with Crippen LogP contribution in [0.15, 0.2) is 30.3 Å². The molecule has 0 saturated carbocycles. The van der Waals surface area contributed by atoms with Gasteiger partial charge in [-0.25, -0.2) is 0 Å². The highest BCUT2D eigenvalue weighted by molar-refractivity contribution is 5.83. The maximum Gasteiger partial charge on any atom is 0.140 e. The van der Waals surface area contributed by atoms with Crippen molar-refractivity contribution in [1.29, 1.82) is 0 Å². The Hall–Kier alpha value is -1.85. The zero-order valence-corrected chi connectivity index (χ0v) is 8.44. The number of aliphatic hydroxyl groups excluding tert-OH is 1. The van der Waals surface area contributed by atoms with Gasteiger partial charge >= 0.3 is 0 Å². The normalized spacial score (nSPS) is 12.3. The minimum Gasteiger partial charge on any atom is -0.376 e. The number of fused-ring (bicyclic) bond motifs is 1. The molecule has 2 nitrogen and oxygen atoms in total. The Labute approximate surface area is 88.6 Å². The first-order valence-corrected chi connectivity index (χ1v) is 4.73. The Morgan fingerprint density at radius 3 is 2.87 bits per heavy atom. The number of nitrogens with zero attached hydrogens (tertiary/aromatic N) is 1. The molecule has 0 fully saturated rings. The molecule has 0 spiro atoms. The SMILES string of the molecule is C#CC(O)c1cc(C)nc2ccccc12. The number of para-hydroxylation sites is 1. The Morgan fingerprint density at radius 2 is 2.13 bits per heavy atom. The van der Waals surface area contributed by atoms with Crippen LogP contribution in [0.25, 0.3) is 10.9 Å². The fourth-order valence-electron chi connectivity index (χ4n) is 1.66. The third-order valence-electron chi connectivity index (χ3n) is 2.33. The molecule has 1 atom stereocenters. The quantitative estimate of drug-likeness (QED) is 0.711. The van der Waals surface area contributed by atoms with E-state index in [1.165, 1.54) is 0 Å². The Morgan fingerprint density at radius 1 is 1.40 bits per heavy atom.